The van der Waals surface area contributed by atoms with Gasteiger partial charge in [0.2, 0.25) is 0 Å². The van der Waals surface area contributed by atoms with Crippen LogP contribution in [-0.4, -0.2) is 11.4 Å². The predicted molar refractivity (Wildman–Crippen MR) is 89.9 cm³/mol. The molecule has 106 valence electrons. The molecule has 0 aliphatic heterocycles. The van der Waals surface area contributed by atoms with E-state index >= 15 is 0 Å². The smallest absolute Gasteiger partial charge is 0.250 e. The molecule has 22 heavy (non-hydrogen) atoms. The molecule has 0 fully saturated rings. The van der Waals surface area contributed by atoms with Crippen LogP contribution >= 0.6 is 0 Å². The normalized spacial score (nSPS) is 11.7. The van der Waals surface area contributed by atoms with Crippen LogP contribution in [0.25, 0.3) is 21.5 Å². The molecule has 3 heteroatoms. The zero-order valence-electron chi connectivity index (χ0n) is 12.2. The summed E-state index contributed by atoms with van der Waals surface area (Å²) in [7, 11) is 0. The molecule has 0 N–H and O–H groups in total. The van der Waals surface area contributed by atoms with Crippen LogP contribution < -0.4 is 0 Å². The van der Waals surface area contributed by atoms with Gasteiger partial charge >= 0.3 is 0 Å². The molecule has 0 aliphatic carbocycles. The number of nitrogens with zero attached hydrogens (tertiary/aromatic N) is 2. The van der Waals surface area contributed by atoms with Crippen LogP contribution in [0, 0.1) is 6.92 Å². The predicted octanol–water partition coefficient (Wildman–Crippen LogP) is 5.04. The summed E-state index contributed by atoms with van der Waals surface area (Å²) in [5, 5.41) is 8.73. The van der Waals surface area contributed by atoms with E-state index in [1.165, 1.54) is 21.5 Å². The molecular formula is C19H14N2O. The van der Waals surface area contributed by atoms with E-state index < -0.39 is 0 Å². The average molecular weight is 286 g/mol. The summed E-state index contributed by atoms with van der Waals surface area (Å²) >= 11 is 0. The van der Waals surface area contributed by atoms with Crippen molar-refractivity contribution in [2.24, 2.45) is 4.99 Å². The maximum absolute atomic E-state index is 5.14. The standard InChI is InChI=1S/C19H14N2O/c1-13-10-19(22-21-13)20-12-15-11-14-6-2-3-7-16(14)18-9-5-4-8-17(15)18/h2-12H,1H3/b20-12+. The van der Waals surface area contributed by atoms with Crippen molar-refractivity contribution >= 4 is 33.6 Å². The summed E-state index contributed by atoms with van der Waals surface area (Å²) in [4.78, 5) is 4.40. The second kappa shape index (κ2) is 5.11. The highest BCUT2D eigenvalue weighted by molar-refractivity contribution is 6.14. The first kappa shape index (κ1) is 12.8. The van der Waals surface area contributed by atoms with Gasteiger partial charge in [0, 0.05) is 17.8 Å². The van der Waals surface area contributed by atoms with Crippen molar-refractivity contribution in [3.63, 3.8) is 0 Å². The van der Waals surface area contributed by atoms with Gasteiger partial charge in [-0.05, 0) is 34.5 Å². The molecule has 0 spiro atoms. The number of fused-ring (bicyclic) bond motifs is 3. The van der Waals surface area contributed by atoms with E-state index in [9.17, 15) is 0 Å². The molecule has 0 saturated heterocycles. The number of hydrogen-bond acceptors (Lipinski definition) is 3. The summed E-state index contributed by atoms with van der Waals surface area (Å²) < 4.78 is 5.14. The Kier molecular flexibility index (Phi) is 2.97. The van der Waals surface area contributed by atoms with Crippen LogP contribution in [0.2, 0.25) is 0 Å². The van der Waals surface area contributed by atoms with Gasteiger partial charge in [0.05, 0.1) is 5.69 Å². The SMILES string of the molecule is Cc1cc(/N=C/c2cc3ccccc3c3ccccc23)on1. The Morgan fingerprint density at radius 3 is 2.41 bits per heavy atom. The molecule has 0 atom stereocenters. The third-order valence-corrected chi connectivity index (χ3v) is 3.75. The molecule has 0 amide bonds. The largest absolute Gasteiger partial charge is 0.336 e. The average Bonchev–Trinajstić information content (AvgIpc) is 2.98. The van der Waals surface area contributed by atoms with E-state index in [1.807, 2.05) is 25.3 Å². The summed E-state index contributed by atoms with van der Waals surface area (Å²) in [5.41, 5.74) is 1.90. The molecule has 0 radical (unpaired) electrons. The number of aromatic nitrogens is 1. The fourth-order valence-corrected chi connectivity index (χ4v) is 2.73. The van der Waals surface area contributed by atoms with Crippen molar-refractivity contribution in [2.45, 2.75) is 6.92 Å². The maximum Gasteiger partial charge on any atom is 0.250 e. The lowest BCUT2D eigenvalue weighted by Gasteiger charge is -2.07. The highest BCUT2D eigenvalue weighted by Crippen LogP contribution is 2.28. The molecule has 0 saturated carbocycles. The van der Waals surface area contributed by atoms with Crippen LogP contribution in [0.3, 0.4) is 0 Å². The van der Waals surface area contributed by atoms with Gasteiger partial charge in [-0.15, -0.1) is 0 Å². The van der Waals surface area contributed by atoms with Crippen LogP contribution in [0.15, 0.2) is 70.2 Å². The lowest BCUT2D eigenvalue weighted by atomic mass is 9.98. The maximum atomic E-state index is 5.14. The van der Waals surface area contributed by atoms with Crippen molar-refractivity contribution in [2.75, 3.05) is 0 Å². The van der Waals surface area contributed by atoms with Gasteiger partial charge in [0.1, 0.15) is 0 Å². The highest BCUT2D eigenvalue weighted by atomic mass is 16.5. The van der Waals surface area contributed by atoms with Gasteiger partial charge in [-0.1, -0.05) is 53.7 Å². The summed E-state index contributed by atoms with van der Waals surface area (Å²) in [6.07, 6.45) is 1.84. The molecule has 4 aromatic rings. The fraction of sp³-hybridized carbons (Fsp3) is 0.0526. The topological polar surface area (TPSA) is 38.4 Å². The van der Waals surface area contributed by atoms with Crippen LogP contribution in [-0.2, 0) is 0 Å². The summed E-state index contributed by atoms with van der Waals surface area (Å²) in [6, 6.07) is 20.8. The minimum atomic E-state index is 0.523. The molecule has 0 bridgehead atoms. The Hall–Kier alpha value is -2.94. The highest BCUT2D eigenvalue weighted by Gasteiger charge is 2.05. The quantitative estimate of drug-likeness (QED) is 0.382. The van der Waals surface area contributed by atoms with Gasteiger partial charge < -0.3 is 4.52 Å². The van der Waals surface area contributed by atoms with Gasteiger partial charge in [0.15, 0.2) is 0 Å². The molecule has 3 aromatic carbocycles. The number of aliphatic imine (C=N–C) groups is 1. The van der Waals surface area contributed by atoms with Crippen molar-refractivity contribution < 1.29 is 4.52 Å². The lowest BCUT2D eigenvalue weighted by molar-refractivity contribution is 0.425. The first-order valence-electron chi connectivity index (χ1n) is 7.19. The van der Waals surface area contributed by atoms with E-state index in [1.54, 1.807) is 0 Å². The minimum Gasteiger partial charge on any atom is -0.336 e. The van der Waals surface area contributed by atoms with Crippen molar-refractivity contribution in [3.8, 4) is 0 Å². The van der Waals surface area contributed by atoms with E-state index in [-0.39, 0.29) is 0 Å². The summed E-state index contributed by atoms with van der Waals surface area (Å²) in [5.74, 6) is 0.523. The molecule has 1 heterocycles. The molecule has 0 unspecified atom stereocenters. The van der Waals surface area contributed by atoms with E-state index in [4.69, 9.17) is 4.52 Å². The zero-order valence-corrected chi connectivity index (χ0v) is 12.2. The Bertz CT molecular complexity index is 999. The number of benzene rings is 3. The van der Waals surface area contributed by atoms with Gasteiger partial charge in [0.25, 0.3) is 5.88 Å². The van der Waals surface area contributed by atoms with Crippen molar-refractivity contribution in [1.82, 2.24) is 5.16 Å². The number of rotatable bonds is 2. The summed E-state index contributed by atoms with van der Waals surface area (Å²) in [6.45, 7) is 1.88. The lowest BCUT2D eigenvalue weighted by Crippen LogP contribution is -1.86. The van der Waals surface area contributed by atoms with Crippen molar-refractivity contribution in [1.29, 1.82) is 0 Å². The third kappa shape index (κ3) is 2.17. The van der Waals surface area contributed by atoms with E-state index in [0.29, 0.717) is 5.88 Å². The fourth-order valence-electron chi connectivity index (χ4n) is 2.73. The first-order chi connectivity index (χ1) is 10.8. The molecule has 3 nitrogen and oxygen atoms in total. The second-order valence-electron chi connectivity index (χ2n) is 5.30. The van der Waals surface area contributed by atoms with Crippen molar-refractivity contribution in [3.05, 3.63) is 71.9 Å². The Morgan fingerprint density at radius 1 is 0.909 bits per heavy atom. The van der Waals surface area contributed by atoms with Crippen LogP contribution in [0.1, 0.15) is 11.3 Å². The van der Waals surface area contributed by atoms with Gasteiger partial charge in [-0.3, -0.25) is 0 Å². The minimum absolute atomic E-state index is 0.523. The molecular weight excluding hydrogens is 272 g/mol. The van der Waals surface area contributed by atoms with Crippen LogP contribution in [0.5, 0.6) is 0 Å². The Morgan fingerprint density at radius 2 is 1.64 bits per heavy atom. The zero-order chi connectivity index (χ0) is 14.9. The van der Waals surface area contributed by atoms with E-state index in [0.717, 1.165) is 11.3 Å². The number of aryl methyl sites for hydroxylation is 1. The molecule has 1 aromatic heterocycles. The third-order valence-electron chi connectivity index (χ3n) is 3.75. The first-order valence-corrected chi connectivity index (χ1v) is 7.19. The second-order valence-corrected chi connectivity index (χ2v) is 5.30. The van der Waals surface area contributed by atoms with Gasteiger partial charge in [-0.25, -0.2) is 4.99 Å². The Balaban J connectivity index is 1.93. The number of hydrogen-bond donors (Lipinski definition) is 0. The van der Waals surface area contributed by atoms with Gasteiger partial charge in [-0.2, -0.15) is 0 Å². The molecule has 0 aliphatic rings. The monoisotopic (exact) mass is 286 g/mol. The molecule has 4 rings (SSSR count). The van der Waals surface area contributed by atoms with E-state index in [2.05, 4.69) is 58.7 Å². The van der Waals surface area contributed by atoms with Crippen LogP contribution in [0.4, 0.5) is 5.88 Å². The Labute approximate surface area is 127 Å².